The first-order valence-corrected chi connectivity index (χ1v) is 11.0. The fraction of sp³-hybridized carbons (Fsp3) is 0.174. The van der Waals surface area contributed by atoms with Crippen molar-refractivity contribution in [1.29, 1.82) is 0 Å². The molecule has 4 nitrogen and oxygen atoms in total. The van der Waals surface area contributed by atoms with E-state index in [0.29, 0.717) is 5.82 Å². The molecule has 1 fully saturated rings. The number of amides is 2. The zero-order chi connectivity index (χ0) is 20.0. The standard InChI is InChI=1S/C23H14Br2N2O2/c24-22-13-7-1-2-8-14(13)23(25,16-10-4-3-9-15(16)22)19-18(22)20(28)27(21(19)29)17-11-5-6-12-26-17/h1-12,18-19H/t18-,19+,22?,23?. The fourth-order valence-corrected chi connectivity index (χ4v) is 7.68. The molecule has 142 valence electrons. The summed E-state index contributed by atoms with van der Waals surface area (Å²) in [5, 5.41) is 0. The second-order valence-electron chi connectivity index (χ2n) is 7.67. The fourth-order valence-electron chi connectivity index (χ4n) is 5.38. The van der Waals surface area contributed by atoms with Crippen LogP contribution < -0.4 is 4.90 Å². The Morgan fingerprint density at radius 1 is 0.690 bits per heavy atom. The van der Waals surface area contributed by atoms with Gasteiger partial charge in [0.15, 0.2) is 0 Å². The molecule has 0 radical (unpaired) electrons. The molecule has 1 aromatic heterocycles. The van der Waals surface area contributed by atoms with Crippen molar-refractivity contribution >= 4 is 49.5 Å². The van der Waals surface area contributed by atoms with Crippen molar-refractivity contribution in [2.75, 3.05) is 4.90 Å². The third-order valence-corrected chi connectivity index (χ3v) is 9.16. The van der Waals surface area contributed by atoms with Crippen LogP contribution in [0.15, 0.2) is 72.9 Å². The van der Waals surface area contributed by atoms with E-state index in [0.717, 1.165) is 22.3 Å². The van der Waals surface area contributed by atoms with E-state index in [-0.39, 0.29) is 11.8 Å². The first kappa shape index (κ1) is 17.5. The summed E-state index contributed by atoms with van der Waals surface area (Å²) in [5.74, 6) is -1.20. The molecule has 3 aromatic rings. The molecule has 4 aliphatic rings. The Balaban J connectivity index is 1.69. The minimum absolute atomic E-state index is 0.219. The third-order valence-electron chi connectivity index (χ3n) is 6.46. The van der Waals surface area contributed by atoms with Gasteiger partial charge in [0.05, 0.1) is 20.5 Å². The Labute approximate surface area is 184 Å². The maximum absolute atomic E-state index is 13.7. The van der Waals surface area contributed by atoms with Gasteiger partial charge in [0.25, 0.3) is 0 Å². The number of hydrogen-bond donors (Lipinski definition) is 0. The van der Waals surface area contributed by atoms with Gasteiger partial charge in [0, 0.05) is 6.20 Å². The van der Waals surface area contributed by atoms with Crippen LogP contribution in [0.5, 0.6) is 0 Å². The Morgan fingerprint density at radius 3 is 1.48 bits per heavy atom. The van der Waals surface area contributed by atoms with Crippen LogP contribution in [0.2, 0.25) is 0 Å². The summed E-state index contributed by atoms with van der Waals surface area (Å²) in [5.41, 5.74) is 4.11. The van der Waals surface area contributed by atoms with Gasteiger partial charge >= 0.3 is 0 Å². The van der Waals surface area contributed by atoms with Gasteiger partial charge in [0.1, 0.15) is 5.82 Å². The summed E-state index contributed by atoms with van der Waals surface area (Å²) < 4.78 is -1.53. The summed E-state index contributed by atoms with van der Waals surface area (Å²) in [6, 6.07) is 21.4. The first-order valence-electron chi connectivity index (χ1n) is 9.37. The van der Waals surface area contributed by atoms with Crippen molar-refractivity contribution < 1.29 is 9.59 Å². The van der Waals surface area contributed by atoms with E-state index in [1.165, 1.54) is 4.90 Å². The molecular weight excluding hydrogens is 496 g/mol. The lowest BCUT2D eigenvalue weighted by Crippen LogP contribution is -2.56. The van der Waals surface area contributed by atoms with Crippen LogP contribution in [0.25, 0.3) is 0 Å². The molecule has 2 atom stereocenters. The minimum atomic E-state index is -0.767. The summed E-state index contributed by atoms with van der Waals surface area (Å²) >= 11 is 7.98. The molecule has 7 rings (SSSR count). The predicted octanol–water partition coefficient (Wildman–Crippen LogP) is 4.49. The zero-order valence-corrected chi connectivity index (χ0v) is 18.2. The van der Waals surface area contributed by atoms with E-state index in [4.69, 9.17) is 0 Å². The lowest BCUT2D eigenvalue weighted by molar-refractivity contribution is -0.122. The molecular formula is C23H14Br2N2O2. The molecule has 1 aliphatic heterocycles. The van der Waals surface area contributed by atoms with Crippen molar-refractivity contribution in [1.82, 2.24) is 4.98 Å². The number of benzene rings is 2. The van der Waals surface area contributed by atoms with E-state index < -0.39 is 20.5 Å². The first-order chi connectivity index (χ1) is 14.0. The topological polar surface area (TPSA) is 50.3 Å². The number of carbonyl (C=O) groups is 2. The van der Waals surface area contributed by atoms with E-state index in [2.05, 4.69) is 36.8 Å². The van der Waals surface area contributed by atoms with Crippen molar-refractivity contribution in [2.45, 2.75) is 8.65 Å². The Kier molecular flexibility index (Phi) is 3.41. The number of aromatic nitrogens is 1. The van der Waals surface area contributed by atoms with Gasteiger partial charge in [-0.15, -0.1) is 0 Å². The zero-order valence-electron chi connectivity index (χ0n) is 15.0. The van der Waals surface area contributed by atoms with Crippen LogP contribution in [0.1, 0.15) is 22.3 Å². The maximum Gasteiger partial charge on any atom is 0.241 e. The number of carbonyl (C=O) groups excluding carboxylic acids is 2. The number of alkyl halides is 2. The molecule has 0 N–H and O–H groups in total. The van der Waals surface area contributed by atoms with Crippen molar-refractivity contribution in [3.05, 3.63) is 95.2 Å². The maximum atomic E-state index is 13.7. The Hall–Kier alpha value is -2.31. The van der Waals surface area contributed by atoms with Crippen LogP contribution in [-0.2, 0) is 18.2 Å². The summed E-state index contributed by atoms with van der Waals surface area (Å²) in [6.07, 6.45) is 1.60. The lowest BCUT2D eigenvalue weighted by atomic mass is 9.54. The number of anilines is 1. The average molecular weight is 510 g/mol. The molecule has 29 heavy (non-hydrogen) atoms. The normalized spacial score (nSPS) is 31.4. The smallest absolute Gasteiger partial charge is 0.241 e. The van der Waals surface area contributed by atoms with Crippen LogP contribution in [0.3, 0.4) is 0 Å². The summed E-state index contributed by atoms with van der Waals surface area (Å²) in [6.45, 7) is 0. The SMILES string of the molecule is O=C1[C@@H]2[C@H](C(=O)N1c1ccccn1)C1(Br)c3ccccc3C2(Br)c2ccccc21. The van der Waals surface area contributed by atoms with Crippen LogP contribution in [0.4, 0.5) is 5.82 Å². The van der Waals surface area contributed by atoms with Gasteiger partial charge in [-0.1, -0.05) is 86.5 Å². The van der Waals surface area contributed by atoms with Gasteiger partial charge in [-0.05, 0) is 34.4 Å². The average Bonchev–Trinajstić information content (AvgIpc) is 3.04. The van der Waals surface area contributed by atoms with E-state index in [1.807, 2.05) is 48.5 Å². The number of rotatable bonds is 1. The van der Waals surface area contributed by atoms with Gasteiger partial charge in [-0.3, -0.25) is 9.59 Å². The quantitative estimate of drug-likeness (QED) is 0.358. The number of imide groups is 1. The van der Waals surface area contributed by atoms with Gasteiger partial charge in [-0.2, -0.15) is 0 Å². The van der Waals surface area contributed by atoms with Gasteiger partial charge in [0.2, 0.25) is 11.8 Å². The molecule has 0 saturated carbocycles. The van der Waals surface area contributed by atoms with Gasteiger partial charge < -0.3 is 0 Å². The number of hydrogen-bond acceptors (Lipinski definition) is 3. The molecule has 0 unspecified atom stereocenters. The minimum Gasteiger partial charge on any atom is -0.274 e. The molecule has 2 aromatic carbocycles. The Bertz CT molecular complexity index is 1090. The van der Waals surface area contributed by atoms with Crippen molar-refractivity contribution in [3.63, 3.8) is 0 Å². The van der Waals surface area contributed by atoms with E-state index in [9.17, 15) is 9.59 Å². The number of halogens is 2. The largest absolute Gasteiger partial charge is 0.274 e. The highest BCUT2D eigenvalue weighted by atomic mass is 79.9. The third kappa shape index (κ3) is 1.87. The lowest BCUT2D eigenvalue weighted by Gasteiger charge is -2.55. The van der Waals surface area contributed by atoms with Crippen molar-refractivity contribution in [3.8, 4) is 0 Å². The Morgan fingerprint density at radius 2 is 1.10 bits per heavy atom. The van der Waals surface area contributed by atoms with Crippen molar-refractivity contribution in [2.24, 2.45) is 11.8 Å². The molecule has 2 heterocycles. The molecule has 3 aliphatic carbocycles. The molecule has 0 spiro atoms. The predicted molar refractivity (Wildman–Crippen MR) is 116 cm³/mol. The second-order valence-corrected chi connectivity index (χ2v) is 10.2. The molecule has 1 saturated heterocycles. The van der Waals surface area contributed by atoms with E-state index in [1.54, 1.807) is 24.4 Å². The second kappa shape index (κ2) is 5.64. The molecule has 6 heteroatoms. The monoisotopic (exact) mass is 508 g/mol. The highest BCUT2D eigenvalue weighted by Gasteiger charge is 2.72. The summed E-state index contributed by atoms with van der Waals surface area (Å²) in [4.78, 5) is 33.0. The number of pyridine rings is 1. The molecule has 2 bridgehead atoms. The van der Waals surface area contributed by atoms with Crippen LogP contribution in [0, 0.1) is 11.8 Å². The van der Waals surface area contributed by atoms with E-state index >= 15 is 0 Å². The number of nitrogens with zero attached hydrogens (tertiary/aromatic N) is 2. The molecule has 2 amide bonds. The highest BCUT2D eigenvalue weighted by molar-refractivity contribution is 9.10. The highest BCUT2D eigenvalue weighted by Crippen LogP contribution is 2.70. The van der Waals surface area contributed by atoms with Crippen LogP contribution >= 0.6 is 31.9 Å². The van der Waals surface area contributed by atoms with Gasteiger partial charge in [-0.25, -0.2) is 9.88 Å². The van der Waals surface area contributed by atoms with Crippen LogP contribution in [-0.4, -0.2) is 16.8 Å². The summed E-state index contributed by atoms with van der Waals surface area (Å²) in [7, 11) is 0.